The maximum Gasteiger partial charge on any atom is 0.0455 e. The van der Waals surface area contributed by atoms with Crippen LogP contribution in [0.5, 0.6) is 0 Å². The summed E-state index contributed by atoms with van der Waals surface area (Å²) < 4.78 is 0. The number of anilines is 1. The fourth-order valence-corrected chi connectivity index (χ4v) is 3.09. The van der Waals surface area contributed by atoms with Gasteiger partial charge < -0.3 is 5.32 Å². The lowest BCUT2D eigenvalue weighted by molar-refractivity contribution is 0.374. The topological polar surface area (TPSA) is 12.0 Å². The lowest BCUT2D eigenvalue weighted by Crippen LogP contribution is -2.34. The normalized spacial score (nSPS) is 21.4. The van der Waals surface area contributed by atoms with Gasteiger partial charge in [0.05, 0.1) is 0 Å². The van der Waals surface area contributed by atoms with E-state index < -0.39 is 0 Å². The predicted octanol–water partition coefficient (Wildman–Crippen LogP) is 5.31. The first-order valence-electron chi connectivity index (χ1n) is 7.21. The molecule has 0 aliphatic heterocycles. The van der Waals surface area contributed by atoms with E-state index in [0.717, 1.165) is 10.6 Å². The van der Waals surface area contributed by atoms with Gasteiger partial charge in [0, 0.05) is 16.8 Å². The summed E-state index contributed by atoms with van der Waals surface area (Å²) in [6, 6.07) is 15.5. The Bertz CT molecular complexity index is 615. The lowest BCUT2D eigenvalue weighted by atomic mass is 9.75. The third kappa shape index (κ3) is 2.69. The van der Waals surface area contributed by atoms with Crippen molar-refractivity contribution in [3.63, 3.8) is 0 Å². The average Bonchev–Trinajstić information content (AvgIpc) is 2.38. The van der Waals surface area contributed by atoms with Crippen LogP contribution in [0.2, 0.25) is 5.02 Å². The van der Waals surface area contributed by atoms with E-state index >= 15 is 0 Å². The Hall–Kier alpha value is -1.47. The molecule has 1 fully saturated rings. The Morgan fingerprint density at radius 3 is 2.55 bits per heavy atom. The molecule has 0 spiro atoms. The Balaban J connectivity index is 1.62. The fourth-order valence-electron chi connectivity index (χ4n) is 2.92. The van der Waals surface area contributed by atoms with E-state index in [4.69, 9.17) is 11.6 Å². The largest absolute Gasteiger partial charge is 0.382 e. The van der Waals surface area contributed by atoms with Crippen molar-refractivity contribution in [1.29, 1.82) is 0 Å². The van der Waals surface area contributed by atoms with E-state index in [1.807, 2.05) is 12.1 Å². The van der Waals surface area contributed by atoms with Crippen LogP contribution in [0.3, 0.4) is 0 Å². The molecule has 3 rings (SSSR count). The van der Waals surface area contributed by atoms with Gasteiger partial charge in [0.1, 0.15) is 0 Å². The first-order valence-corrected chi connectivity index (χ1v) is 7.59. The molecule has 0 saturated heterocycles. The van der Waals surface area contributed by atoms with E-state index in [1.165, 1.54) is 29.7 Å². The fraction of sp³-hybridized carbons (Fsp3) is 0.333. The molecular formula is C18H20ClN. The van der Waals surface area contributed by atoms with Crippen molar-refractivity contribution in [1.82, 2.24) is 0 Å². The van der Waals surface area contributed by atoms with Crippen molar-refractivity contribution in [3.8, 4) is 0 Å². The van der Waals surface area contributed by atoms with Crippen molar-refractivity contribution in [2.75, 3.05) is 5.32 Å². The van der Waals surface area contributed by atoms with Crippen LogP contribution >= 0.6 is 11.6 Å². The number of halogens is 1. The Morgan fingerprint density at radius 1 is 1.05 bits per heavy atom. The summed E-state index contributed by atoms with van der Waals surface area (Å²) in [7, 11) is 0. The molecule has 20 heavy (non-hydrogen) atoms. The first kappa shape index (κ1) is 13.5. The summed E-state index contributed by atoms with van der Waals surface area (Å²) in [6.45, 7) is 4.23. The Kier molecular flexibility index (Phi) is 3.71. The van der Waals surface area contributed by atoms with E-state index in [0.29, 0.717) is 12.0 Å². The summed E-state index contributed by atoms with van der Waals surface area (Å²) in [5, 5.41) is 4.45. The number of hydrogen-bond acceptors (Lipinski definition) is 1. The summed E-state index contributed by atoms with van der Waals surface area (Å²) in [6.07, 6.45) is 2.41. The highest BCUT2D eigenvalue weighted by Crippen LogP contribution is 2.39. The maximum atomic E-state index is 6.16. The van der Waals surface area contributed by atoms with E-state index in [1.54, 1.807) is 0 Å². The van der Waals surface area contributed by atoms with Crippen LogP contribution in [-0.4, -0.2) is 6.04 Å². The van der Waals surface area contributed by atoms with Gasteiger partial charge in [-0.2, -0.15) is 0 Å². The SMILES string of the molecule is Cc1cccc(C2CC(Nc3cccc(Cl)c3C)C2)c1. The van der Waals surface area contributed by atoms with E-state index in [9.17, 15) is 0 Å². The molecule has 1 aliphatic carbocycles. The molecule has 1 saturated carbocycles. The minimum absolute atomic E-state index is 0.567. The lowest BCUT2D eigenvalue weighted by Gasteiger charge is -2.37. The van der Waals surface area contributed by atoms with Gasteiger partial charge in [-0.15, -0.1) is 0 Å². The van der Waals surface area contributed by atoms with Gasteiger partial charge in [0.2, 0.25) is 0 Å². The summed E-state index contributed by atoms with van der Waals surface area (Å²) in [5.74, 6) is 0.701. The van der Waals surface area contributed by atoms with Crippen LogP contribution in [0.4, 0.5) is 5.69 Å². The van der Waals surface area contributed by atoms with Gasteiger partial charge in [0.15, 0.2) is 0 Å². The van der Waals surface area contributed by atoms with Crippen molar-refractivity contribution < 1.29 is 0 Å². The summed E-state index contributed by atoms with van der Waals surface area (Å²) in [4.78, 5) is 0. The smallest absolute Gasteiger partial charge is 0.0455 e. The second-order valence-corrected chi connectivity index (χ2v) is 6.24. The minimum Gasteiger partial charge on any atom is -0.382 e. The van der Waals surface area contributed by atoms with Crippen LogP contribution < -0.4 is 5.32 Å². The van der Waals surface area contributed by atoms with Crippen molar-refractivity contribution in [2.24, 2.45) is 0 Å². The minimum atomic E-state index is 0.567. The van der Waals surface area contributed by atoms with Crippen LogP contribution in [0.1, 0.15) is 35.4 Å². The predicted molar refractivity (Wildman–Crippen MR) is 86.8 cm³/mol. The summed E-state index contributed by atoms with van der Waals surface area (Å²) in [5.41, 5.74) is 5.15. The van der Waals surface area contributed by atoms with Gasteiger partial charge in [-0.3, -0.25) is 0 Å². The molecular weight excluding hydrogens is 266 g/mol. The molecule has 0 amide bonds. The molecule has 2 aromatic rings. The quantitative estimate of drug-likeness (QED) is 0.805. The molecule has 1 aliphatic rings. The number of hydrogen-bond donors (Lipinski definition) is 1. The van der Waals surface area contributed by atoms with E-state index in [-0.39, 0.29) is 0 Å². The molecule has 2 aromatic carbocycles. The highest BCUT2D eigenvalue weighted by Gasteiger charge is 2.30. The zero-order valence-electron chi connectivity index (χ0n) is 12.0. The molecule has 0 bridgehead atoms. The van der Waals surface area contributed by atoms with Gasteiger partial charge in [0.25, 0.3) is 0 Å². The molecule has 2 heteroatoms. The molecule has 0 aromatic heterocycles. The number of benzene rings is 2. The van der Waals surface area contributed by atoms with Gasteiger partial charge in [-0.25, -0.2) is 0 Å². The second kappa shape index (κ2) is 5.49. The molecule has 1 nitrogen and oxygen atoms in total. The number of nitrogens with one attached hydrogen (secondary N) is 1. The molecule has 0 heterocycles. The van der Waals surface area contributed by atoms with Gasteiger partial charge in [-0.1, -0.05) is 47.5 Å². The Labute approximate surface area is 126 Å². The van der Waals surface area contributed by atoms with Crippen molar-refractivity contribution >= 4 is 17.3 Å². The average molecular weight is 286 g/mol. The third-order valence-electron chi connectivity index (χ3n) is 4.28. The monoisotopic (exact) mass is 285 g/mol. The Morgan fingerprint density at radius 2 is 1.80 bits per heavy atom. The molecule has 0 radical (unpaired) electrons. The molecule has 104 valence electrons. The van der Waals surface area contributed by atoms with Crippen LogP contribution in [0.25, 0.3) is 0 Å². The van der Waals surface area contributed by atoms with Crippen molar-refractivity contribution in [3.05, 3.63) is 64.2 Å². The highest BCUT2D eigenvalue weighted by molar-refractivity contribution is 6.31. The zero-order chi connectivity index (χ0) is 14.1. The van der Waals surface area contributed by atoms with Gasteiger partial charge >= 0.3 is 0 Å². The zero-order valence-corrected chi connectivity index (χ0v) is 12.7. The second-order valence-electron chi connectivity index (χ2n) is 5.84. The van der Waals surface area contributed by atoms with E-state index in [2.05, 4.69) is 49.5 Å². The number of aryl methyl sites for hydroxylation is 1. The maximum absolute atomic E-state index is 6.16. The molecule has 0 unspecified atom stereocenters. The third-order valence-corrected chi connectivity index (χ3v) is 4.69. The molecule has 0 atom stereocenters. The summed E-state index contributed by atoms with van der Waals surface area (Å²) >= 11 is 6.16. The van der Waals surface area contributed by atoms with Gasteiger partial charge in [-0.05, 0) is 55.9 Å². The van der Waals surface area contributed by atoms with Crippen molar-refractivity contribution in [2.45, 2.75) is 38.6 Å². The standard InChI is InChI=1S/C18H20ClN/c1-12-5-3-6-14(9-12)15-10-16(11-15)20-18-8-4-7-17(19)13(18)2/h3-9,15-16,20H,10-11H2,1-2H3. The first-order chi connectivity index (χ1) is 9.63. The van der Waals surface area contributed by atoms with Crippen LogP contribution in [-0.2, 0) is 0 Å². The number of rotatable bonds is 3. The molecule has 1 N–H and O–H groups in total. The van der Waals surface area contributed by atoms with Crippen LogP contribution in [0.15, 0.2) is 42.5 Å². The van der Waals surface area contributed by atoms with Crippen LogP contribution in [0, 0.1) is 13.8 Å². The highest BCUT2D eigenvalue weighted by atomic mass is 35.5.